The van der Waals surface area contributed by atoms with E-state index >= 15 is 4.79 Å². The Hall–Kier alpha value is -1.85. The Labute approximate surface area is 347 Å². The highest BCUT2D eigenvalue weighted by Crippen LogP contribution is 2.47. The number of ether oxygens (including phenoxy) is 2. The summed E-state index contributed by atoms with van der Waals surface area (Å²) in [5.41, 5.74) is 2.17. The zero-order valence-corrected chi connectivity index (χ0v) is 39.9. The van der Waals surface area contributed by atoms with Gasteiger partial charge in [-0.25, -0.2) is 0 Å². The molecule has 0 aromatic heterocycles. The van der Waals surface area contributed by atoms with Crippen LogP contribution in [0.25, 0.3) is 0 Å². The molecule has 2 heterocycles. The second-order valence-electron chi connectivity index (χ2n) is 21.8. The van der Waals surface area contributed by atoms with Crippen LogP contribution in [0.2, 0.25) is 0 Å². The first-order valence-corrected chi connectivity index (χ1v) is 23.1. The second-order valence-corrected chi connectivity index (χ2v) is 21.8. The van der Waals surface area contributed by atoms with E-state index in [0.717, 1.165) is 51.4 Å². The number of esters is 1. The van der Waals surface area contributed by atoms with Gasteiger partial charge in [0, 0.05) is 46.8 Å². The number of hydrogen-bond acceptors (Lipinski definition) is 5. The number of hydrogen-bond donors (Lipinski definition) is 2. The van der Waals surface area contributed by atoms with Crippen LogP contribution >= 0.6 is 0 Å². The average Bonchev–Trinajstić information content (AvgIpc) is 3.12. The summed E-state index contributed by atoms with van der Waals surface area (Å²) in [6, 6.07) is 7.09. The van der Waals surface area contributed by atoms with Crippen LogP contribution in [0.5, 0.6) is 0 Å². The van der Waals surface area contributed by atoms with Gasteiger partial charge in [0.05, 0.1) is 0 Å². The number of nitrogens with one attached hydrogen (secondary N) is 2. The van der Waals surface area contributed by atoms with Gasteiger partial charge < -0.3 is 20.1 Å². The Morgan fingerprint density at radius 2 is 1.11 bits per heavy atom. The maximum Gasteiger partial charge on any atom is 0.320 e. The van der Waals surface area contributed by atoms with Gasteiger partial charge in [0.25, 0.3) is 0 Å². The molecule has 2 aliphatic rings. The summed E-state index contributed by atoms with van der Waals surface area (Å²) in [6.45, 7) is 43.8. The van der Waals surface area contributed by atoms with Gasteiger partial charge in [-0.3, -0.25) is 4.79 Å². The summed E-state index contributed by atoms with van der Waals surface area (Å²) in [4.78, 5) is 15.7. The Bertz CT molecular complexity index is 1360. The molecule has 1 aromatic rings. The van der Waals surface area contributed by atoms with Crippen molar-refractivity contribution in [3.8, 4) is 0 Å². The van der Waals surface area contributed by atoms with Crippen LogP contribution in [0, 0.1) is 17.3 Å². The molecular weight excluding hydrogens is 689 g/mol. The molecule has 56 heavy (non-hydrogen) atoms. The number of benzene rings is 1. The van der Waals surface area contributed by atoms with Crippen LogP contribution in [-0.4, -0.2) is 40.3 Å². The largest absolute Gasteiger partial charge is 0.494 e. The minimum atomic E-state index is -1.04. The van der Waals surface area contributed by atoms with E-state index in [4.69, 9.17) is 16.1 Å². The van der Waals surface area contributed by atoms with Crippen LogP contribution in [0.15, 0.2) is 30.5 Å². The predicted octanol–water partition coefficient (Wildman–Crippen LogP) is 13.3. The normalized spacial score (nSPS) is 32.4. The minimum Gasteiger partial charge on any atom is -0.494 e. The SMILES string of the molecule is C=C(OC1CC(C)(CC)NC(C)(CC)C1C)C(CCCCCCCC)(Cc1cc(C(C)(C)C)cc(C(C)(C)C)c1)C(=O)OC1CC(C)(CC)NC(C)(CC)C1C. The Morgan fingerprint density at radius 3 is 1.52 bits per heavy atom. The second kappa shape index (κ2) is 18.6. The molecule has 9 atom stereocenters. The topological polar surface area (TPSA) is 59.6 Å². The zero-order chi connectivity index (χ0) is 42.5. The lowest BCUT2D eigenvalue weighted by molar-refractivity contribution is -0.173. The molecule has 5 heteroatoms. The number of carbonyl (C=O) groups is 1. The summed E-state index contributed by atoms with van der Waals surface area (Å²) in [6.07, 6.45) is 13.3. The Kier molecular flexibility index (Phi) is 16.1. The summed E-state index contributed by atoms with van der Waals surface area (Å²) in [7, 11) is 0. The van der Waals surface area contributed by atoms with Crippen LogP contribution in [-0.2, 0) is 31.5 Å². The van der Waals surface area contributed by atoms with E-state index < -0.39 is 5.41 Å². The molecule has 2 fully saturated rings. The molecule has 2 N–H and O–H groups in total. The van der Waals surface area contributed by atoms with Crippen LogP contribution in [0.3, 0.4) is 0 Å². The summed E-state index contributed by atoms with van der Waals surface area (Å²) in [5.74, 6) is 0.823. The molecule has 322 valence electrons. The van der Waals surface area contributed by atoms with Crippen molar-refractivity contribution in [1.82, 2.24) is 10.6 Å². The fourth-order valence-electron chi connectivity index (χ4n) is 9.72. The Morgan fingerprint density at radius 1 is 0.679 bits per heavy atom. The number of rotatable bonds is 18. The molecule has 0 spiro atoms. The predicted molar refractivity (Wildman–Crippen MR) is 240 cm³/mol. The first kappa shape index (κ1) is 48.5. The number of piperidine rings is 2. The van der Waals surface area contributed by atoms with Crippen molar-refractivity contribution in [1.29, 1.82) is 0 Å². The van der Waals surface area contributed by atoms with Crippen molar-refractivity contribution < 1.29 is 14.3 Å². The average molecular weight is 779 g/mol. The first-order valence-electron chi connectivity index (χ1n) is 23.1. The van der Waals surface area contributed by atoms with Gasteiger partial charge in [-0.15, -0.1) is 0 Å². The van der Waals surface area contributed by atoms with Gasteiger partial charge in [-0.05, 0) is 93.7 Å². The molecule has 9 unspecified atom stereocenters. The number of carbonyl (C=O) groups excluding carboxylic acids is 1. The molecule has 0 amide bonds. The van der Waals surface area contributed by atoms with E-state index in [0.29, 0.717) is 18.6 Å². The highest BCUT2D eigenvalue weighted by atomic mass is 16.6. The van der Waals surface area contributed by atoms with Crippen molar-refractivity contribution in [2.24, 2.45) is 17.3 Å². The fourth-order valence-corrected chi connectivity index (χ4v) is 9.72. The van der Waals surface area contributed by atoms with E-state index in [-0.39, 0.29) is 63.0 Å². The van der Waals surface area contributed by atoms with Crippen molar-refractivity contribution in [2.45, 2.75) is 253 Å². The van der Waals surface area contributed by atoms with Crippen molar-refractivity contribution in [3.63, 3.8) is 0 Å². The van der Waals surface area contributed by atoms with Gasteiger partial charge in [-0.1, -0.05) is 153 Å². The summed E-state index contributed by atoms with van der Waals surface area (Å²) in [5, 5.41) is 8.04. The first-order chi connectivity index (χ1) is 25.8. The fraction of sp³-hybridized carbons (Fsp3) is 0.824. The van der Waals surface area contributed by atoms with Gasteiger partial charge in [0.1, 0.15) is 23.4 Å². The molecule has 0 radical (unpaired) electrons. The van der Waals surface area contributed by atoms with Crippen LogP contribution in [0.1, 0.15) is 218 Å². The molecule has 2 aliphatic heterocycles. The molecule has 5 nitrogen and oxygen atoms in total. The van der Waals surface area contributed by atoms with Gasteiger partial charge in [0.2, 0.25) is 0 Å². The van der Waals surface area contributed by atoms with Crippen molar-refractivity contribution in [3.05, 3.63) is 47.2 Å². The zero-order valence-electron chi connectivity index (χ0n) is 39.9. The van der Waals surface area contributed by atoms with Crippen LogP contribution in [0.4, 0.5) is 0 Å². The van der Waals surface area contributed by atoms with E-state index in [2.05, 4.69) is 147 Å². The smallest absolute Gasteiger partial charge is 0.320 e. The van der Waals surface area contributed by atoms with Gasteiger partial charge in [0.15, 0.2) is 0 Å². The maximum atomic E-state index is 15.7. The lowest BCUT2D eigenvalue weighted by Crippen LogP contribution is -2.66. The third kappa shape index (κ3) is 11.2. The highest BCUT2D eigenvalue weighted by molar-refractivity contribution is 5.81. The summed E-state index contributed by atoms with van der Waals surface area (Å²) >= 11 is 0. The van der Waals surface area contributed by atoms with E-state index in [1.807, 2.05) is 0 Å². The Balaban J connectivity index is 2.27. The minimum absolute atomic E-state index is 0.0501. The summed E-state index contributed by atoms with van der Waals surface area (Å²) < 4.78 is 14.4. The molecule has 0 saturated carbocycles. The molecule has 0 bridgehead atoms. The van der Waals surface area contributed by atoms with Gasteiger partial charge in [-0.2, -0.15) is 0 Å². The number of unbranched alkanes of at least 4 members (excludes halogenated alkanes) is 5. The van der Waals surface area contributed by atoms with Crippen LogP contribution < -0.4 is 10.6 Å². The maximum absolute atomic E-state index is 15.7. The third-order valence-corrected chi connectivity index (χ3v) is 15.3. The lowest BCUT2D eigenvalue weighted by Gasteiger charge is -2.54. The lowest BCUT2D eigenvalue weighted by atomic mass is 9.69. The third-order valence-electron chi connectivity index (χ3n) is 15.3. The molecular formula is C51H90N2O3. The molecule has 2 saturated heterocycles. The monoisotopic (exact) mass is 779 g/mol. The van der Waals surface area contributed by atoms with E-state index in [9.17, 15) is 0 Å². The molecule has 3 rings (SSSR count). The quantitative estimate of drug-likeness (QED) is 0.0883. The molecule has 0 aliphatic carbocycles. The van der Waals surface area contributed by atoms with Gasteiger partial charge >= 0.3 is 5.97 Å². The van der Waals surface area contributed by atoms with Crippen molar-refractivity contribution >= 4 is 5.97 Å². The van der Waals surface area contributed by atoms with E-state index in [1.165, 1.54) is 42.4 Å². The molecule has 1 aromatic carbocycles. The standard InChI is InChI=1S/C51H90N2O3/c1-19-24-25-26-27-28-29-51(33-39-30-40(45(9,10)11)32-41(31-39)46(12,13)14,38(8)55-42-34-47(15,20-2)52-49(17,22-4)36(42)6)44(54)56-43-35-48(16,21-3)53-50(18,23-5)37(43)7/h30-32,36-37,42-43,52-53H,8,19-29,33-35H2,1-7,9-18H3. The van der Waals surface area contributed by atoms with E-state index in [1.54, 1.807) is 0 Å². The van der Waals surface area contributed by atoms with Crippen molar-refractivity contribution in [2.75, 3.05) is 0 Å². The highest BCUT2D eigenvalue weighted by Gasteiger charge is 2.53.